The Kier molecular flexibility index (Phi) is 4.74. The Balaban J connectivity index is 2.11. The summed E-state index contributed by atoms with van der Waals surface area (Å²) in [5.41, 5.74) is 0.912. The Morgan fingerprint density at radius 3 is 2.79 bits per heavy atom. The average Bonchev–Trinajstić information content (AvgIpc) is 2.69. The van der Waals surface area contributed by atoms with Crippen molar-refractivity contribution in [2.45, 2.75) is 25.4 Å². The number of rotatable bonds is 4. The second-order valence-corrected chi connectivity index (χ2v) is 7.33. The second kappa shape index (κ2) is 5.97. The highest BCUT2D eigenvalue weighted by Gasteiger charge is 2.28. The third-order valence-electron chi connectivity index (χ3n) is 3.30. The number of benzene rings is 1. The van der Waals surface area contributed by atoms with Crippen molar-refractivity contribution in [1.82, 2.24) is 4.90 Å². The predicted molar refractivity (Wildman–Crippen MR) is 77.9 cm³/mol. The minimum atomic E-state index is -3.45. The van der Waals surface area contributed by atoms with Crippen LogP contribution in [0, 0.1) is 0 Å². The first-order valence-electron chi connectivity index (χ1n) is 6.03. The maximum atomic E-state index is 11.2. The quantitative estimate of drug-likeness (QED) is 0.924. The molecule has 0 aliphatic carbocycles. The van der Waals surface area contributed by atoms with Crippen molar-refractivity contribution in [1.29, 1.82) is 0 Å². The van der Waals surface area contributed by atoms with Gasteiger partial charge in [0.05, 0.1) is 5.75 Å². The first kappa shape index (κ1) is 15.1. The van der Waals surface area contributed by atoms with E-state index in [1.807, 2.05) is 6.07 Å². The van der Waals surface area contributed by atoms with Crippen molar-refractivity contribution < 1.29 is 8.42 Å². The topological polar surface area (TPSA) is 63.4 Å². The minimum Gasteiger partial charge on any atom is -0.295 e. The van der Waals surface area contributed by atoms with Gasteiger partial charge in [-0.2, -0.15) is 0 Å². The zero-order valence-electron chi connectivity index (χ0n) is 10.4. The van der Waals surface area contributed by atoms with Gasteiger partial charge < -0.3 is 0 Å². The molecule has 1 aliphatic rings. The van der Waals surface area contributed by atoms with Crippen LogP contribution in [0.15, 0.2) is 18.2 Å². The summed E-state index contributed by atoms with van der Waals surface area (Å²) in [5, 5.41) is 6.39. The molecule has 0 unspecified atom stereocenters. The summed E-state index contributed by atoms with van der Waals surface area (Å²) in [6, 6.07) is 5.27. The van der Waals surface area contributed by atoms with Crippen molar-refractivity contribution in [3.8, 4) is 0 Å². The van der Waals surface area contributed by atoms with Gasteiger partial charge in [0.1, 0.15) is 0 Å². The zero-order chi connectivity index (χ0) is 14.0. The van der Waals surface area contributed by atoms with Crippen molar-refractivity contribution in [2.24, 2.45) is 5.14 Å². The molecular formula is C12H16Cl2N2O2S. The first-order valence-corrected chi connectivity index (χ1v) is 8.51. The van der Waals surface area contributed by atoms with Crippen molar-refractivity contribution in [3.63, 3.8) is 0 Å². The molecule has 4 nitrogen and oxygen atoms in total. The third kappa shape index (κ3) is 4.33. The number of hydrogen-bond acceptors (Lipinski definition) is 3. The largest absolute Gasteiger partial charge is 0.295 e. The van der Waals surface area contributed by atoms with E-state index in [-0.39, 0.29) is 11.8 Å². The normalized spacial score (nSPS) is 20.9. The highest BCUT2D eigenvalue weighted by Crippen LogP contribution is 2.26. The van der Waals surface area contributed by atoms with E-state index in [0.29, 0.717) is 16.6 Å². The van der Waals surface area contributed by atoms with E-state index in [2.05, 4.69) is 4.90 Å². The van der Waals surface area contributed by atoms with E-state index in [1.165, 1.54) is 0 Å². The van der Waals surface area contributed by atoms with E-state index in [9.17, 15) is 8.42 Å². The molecule has 1 aromatic carbocycles. The van der Waals surface area contributed by atoms with E-state index < -0.39 is 10.0 Å². The predicted octanol–water partition coefficient (Wildman–Crippen LogP) is 2.25. The lowest BCUT2D eigenvalue weighted by Gasteiger charge is -2.24. The Hall–Kier alpha value is -0.330. The standard InChI is InChI=1S/C12H16Cl2N2O2S/c13-10-3-4-12(14)9(6-10)7-16-5-1-2-11(16)8-19(15,17)18/h3-4,6,11H,1-2,5,7-8H2,(H2,15,17,18)/t11-/m0/s1. The minimum absolute atomic E-state index is 0.00875. The molecule has 1 saturated heterocycles. The molecular weight excluding hydrogens is 307 g/mol. The van der Waals surface area contributed by atoms with Crippen LogP contribution in [-0.2, 0) is 16.6 Å². The molecule has 7 heteroatoms. The summed E-state index contributed by atoms with van der Waals surface area (Å²) in [6.45, 7) is 1.45. The fourth-order valence-electron chi connectivity index (χ4n) is 2.44. The SMILES string of the molecule is NS(=O)(=O)C[C@@H]1CCCN1Cc1cc(Cl)ccc1Cl. The van der Waals surface area contributed by atoms with Crippen LogP contribution in [0.3, 0.4) is 0 Å². The summed E-state index contributed by atoms with van der Waals surface area (Å²) < 4.78 is 22.4. The number of halogens is 2. The van der Waals surface area contributed by atoms with Gasteiger partial charge in [0.2, 0.25) is 10.0 Å². The van der Waals surface area contributed by atoms with E-state index in [0.717, 1.165) is 24.9 Å². The number of nitrogens with two attached hydrogens (primary N) is 1. The zero-order valence-corrected chi connectivity index (χ0v) is 12.7. The van der Waals surface area contributed by atoms with Gasteiger partial charge in [0.15, 0.2) is 0 Å². The molecule has 1 atom stereocenters. The van der Waals surface area contributed by atoms with E-state index in [4.69, 9.17) is 28.3 Å². The Morgan fingerprint density at radius 1 is 1.37 bits per heavy atom. The molecule has 0 amide bonds. The van der Waals surface area contributed by atoms with Crippen LogP contribution < -0.4 is 5.14 Å². The smallest absolute Gasteiger partial charge is 0.210 e. The van der Waals surface area contributed by atoms with Crippen LogP contribution in [0.2, 0.25) is 10.0 Å². The van der Waals surface area contributed by atoms with Gasteiger partial charge >= 0.3 is 0 Å². The molecule has 1 aromatic rings. The Bertz CT molecular complexity index is 563. The summed E-state index contributed by atoms with van der Waals surface area (Å²) in [4.78, 5) is 2.10. The molecule has 19 heavy (non-hydrogen) atoms. The van der Waals surface area contributed by atoms with Gasteiger partial charge in [-0.3, -0.25) is 4.90 Å². The van der Waals surface area contributed by atoms with Crippen molar-refractivity contribution in [2.75, 3.05) is 12.3 Å². The number of hydrogen-bond donors (Lipinski definition) is 1. The van der Waals surface area contributed by atoms with Crippen molar-refractivity contribution >= 4 is 33.2 Å². The summed E-state index contributed by atoms with van der Waals surface area (Å²) in [6.07, 6.45) is 1.81. The highest BCUT2D eigenvalue weighted by atomic mass is 35.5. The van der Waals surface area contributed by atoms with Crippen LogP contribution >= 0.6 is 23.2 Å². The van der Waals surface area contributed by atoms with Gasteiger partial charge in [0.25, 0.3) is 0 Å². The fourth-order valence-corrected chi connectivity index (χ4v) is 3.73. The Labute approximate surface area is 123 Å². The molecule has 2 rings (SSSR count). The summed E-state index contributed by atoms with van der Waals surface area (Å²) in [5.74, 6) is -0.00875. The van der Waals surface area contributed by atoms with Gasteiger partial charge in [0, 0.05) is 22.6 Å². The first-order chi connectivity index (χ1) is 8.85. The molecule has 1 fully saturated rings. The fraction of sp³-hybridized carbons (Fsp3) is 0.500. The summed E-state index contributed by atoms with van der Waals surface area (Å²) in [7, 11) is -3.45. The maximum absolute atomic E-state index is 11.2. The lowest BCUT2D eigenvalue weighted by Crippen LogP contribution is -2.37. The van der Waals surface area contributed by atoms with Gasteiger partial charge in [-0.05, 0) is 43.1 Å². The van der Waals surface area contributed by atoms with Crippen molar-refractivity contribution in [3.05, 3.63) is 33.8 Å². The van der Waals surface area contributed by atoms with Crippen LogP contribution in [-0.4, -0.2) is 31.7 Å². The lowest BCUT2D eigenvalue weighted by atomic mass is 10.2. The monoisotopic (exact) mass is 322 g/mol. The van der Waals surface area contributed by atoms with Gasteiger partial charge in [-0.15, -0.1) is 0 Å². The van der Waals surface area contributed by atoms with E-state index >= 15 is 0 Å². The maximum Gasteiger partial charge on any atom is 0.210 e. The molecule has 2 N–H and O–H groups in total. The molecule has 0 aromatic heterocycles. The third-order valence-corrected chi connectivity index (χ3v) is 4.76. The molecule has 1 aliphatic heterocycles. The molecule has 0 radical (unpaired) electrons. The number of sulfonamides is 1. The molecule has 1 heterocycles. The van der Waals surface area contributed by atoms with E-state index in [1.54, 1.807) is 12.1 Å². The van der Waals surface area contributed by atoms with Crippen LogP contribution in [0.4, 0.5) is 0 Å². The highest BCUT2D eigenvalue weighted by molar-refractivity contribution is 7.89. The van der Waals surface area contributed by atoms with Crippen LogP contribution in [0.1, 0.15) is 18.4 Å². The molecule has 0 spiro atoms. The average molecular weight is 323 g/mol. The van der Waals surface area contributed by atoms with Crippen LogP contribution in [0.25, 0.3) is 0 Å². The molecule has 0 saturated carbocycles. The van der Waals surface area contributed by atoms with Gasteiger partial charge in [-0.1, -0.05) is 23.2 Å². The second-order valence-electron chi connectivity index (χ2n) is 4.83. The lowest BCUT2D eigenvalue weighted by molar-refractivity contribution is 0.262. The van der Waals surface area contributed by atoms with Crippen LogP contribution in [0.5, 0.6) is 0 Å². The number of nitrogens with zero attached hydrogens (tertiary/aromatic N) is 1. The molecule has 0 bridgehead atoms. The number of likely N-dealkylation sites (tertiary alicyclic amines) is 1. The Morgan fingerprint density at radius 2 is 2.11 bits per heavy atom. The number of primary sulfonamides is 1. The molecule has 106 valence electrons. The summed E-state index contributed by atoms with van der Waals surface area (Å²) >= 11 is 12.1. The van der Waals surface area contributed by atoms with Gasteiger partial charge in [-0.25, -0.2) is 13.6 Å².